The smallest absolute Gasteiger partial charge is 0.0446 e. The van der Waals surface area contributed by atoms with Crippen molar-refractivity contribution in [3.63, 3.8) is 0 Å². The molecule has 2 saturated heterocycles. The van der Waals surface area contributed by atoms with E-state index >= 15 is 0 Å². The SMILES string of the molecule is CC(C)(C)c1ccc(N2CC(N3CCCC3)C2)cc1. The fourth-order valence-electron chi connectivity index (χ4n) is 3.18. The van der Waals surface area contributed by atoms with Gasteiger partial charge in [-0.15, -0.1) is 0 Å². The second-order valence-electron chi connectivity index (χ2n) is 7.10. The third-order valence-electron chi connectivity index (χ3n) is 4.62. The van der Waals surface area contributed by atoms with Crippen molar-refractivity contribution in [2.24, 2.45) is 0 Å². The molecule has 0 atom stereocenters. The summed E-state index contributed by atoms with van der Waals surface area (Å²) in [5, 5.41) is 0. The van der Waals surface area contributed by atoms with Crippen LogP contribution in [-0.2, 0) is 5.41 Å². The molecule has 1 aromatic carbocycles. The third-order valence-corrected chi connectivity index (χ3v) is 4.62. The third kappa shape index (κ3) is 2.64. The van der Waals surface area contributed by atoms with Gasteiger partial charge in [0, 0.05) is 24.8 Å². The van der Waals surface area contributed by atoms with Gasteiger partial charge in [-0.3, -0.25) is 4.90 Å². The lowest BCUT2D eigenvalue weighted by atomic mass is 9.87. The maximum atomic E-state index is 2.67. The largest absolute Gasteiger partial charge is 0.368 e. The Morgan fingerprint density at radius 1 is 0.947 bits per heavy atom. The van der Waals surface area contributed by atoms with Crippen LogP contribution in [0, 0.1) is 0 Å². The fraction of sp³-hybridized carbons (Fsp3) is 0.647. The number of likely N-dealkylation sites (tertiary alicyclic amines) is 1. The van der Waals surface area contributed by atoms with E-state index < -0.39 is 0 Å². The summed E-state index contributed by atoms with van der Waals surface area (Å²) in [5.41, 5.74) is 3.07. The van der Waals surface area contributed by atoms with Crippen LogP contribution in [0.5, 0.6) is 0 Å². The second kappa shape index (κ2) is 4.82. The molecule has 0 radical (unpaired) electrons. The van der Waals surface area contributed by atoms with Gasteiger partial charge in [-0.05, 0) is 49.0 Å². The number of anilines is 1. The normalized spacial score (nSPS) is 21.7. The second-order valence-corrected chi connectivity index (χ2v) is 7.10. The molecule has 0 spiro atoms. The van der Waals surface area contributed by atoms with Crippen LogP contribution in [-0.4, -0.2) is 37.1 Å². The maximum absolute atomic E-state index is 2.67. The Morgan fingerprint density at radius 3 is 2.05 bits per heavy atom. The van der Waals surface area contributed by atoms with Crippen molar-refractivity contribution < 1.29 is 0 Å². The number of benzene rings is 1. The van der Waals surface area contributed by atoms with E-state index in [-0.39, 0.29) is 5.41 Å². The van der Waals surface area contributed by atoms with Crippen LogP contribution in [0.3, 0.4) is 0 Å². The lowest BCUT2D eigenvalue weighted by Gasteiger charge is -2.45. The van der Waals surface area contributed by atoms with Crippen molar-refractivity contribution in [1.29, 1.82) is 0 Å². The standard InChI is InChI=1S/C17H26N2/c1-17(2,3)14-6-8-15(9-7-14)19-12-16(13-19)18-10-4-5-11-18/h6-9,16H,4-5,10-13H2,1-3H3. The molecule has 0 aliphatic carbocycles. The molecule has 2 heteroatoms. The first-order valence-corrected chi connectivity index (χ1v) is 7.63. The minimum Gasteiger partial charge on any atom is -0.368 e. The van der Waals surface area contributed by atoms with E-state index in [4.69, 9.17) is 0 Å². The molecule has 2 aliphatic heterocycles. The Morgan fingerprint density at radius 2 is 1.53 bits per heavy atom. The monoisotopic (exact) mass is 258 g/mol. The minimum atomic E-state index is 0.256. The van der Waals surface area contributed by atoms with Gasteiger partial charge in [0.15, 0.2) is 0 Å². The fourth-order valence-corrected chi connectivity index (χ4v) is 3.18. The quantitative estimate of drug-likeness (QED) is 0.803. The maximum Gasteiger partial charge on any atom is 0.0446 e. The summed E-state index contributed by atoms with van der Waals surface area (Å²) in [7, 11) is 0. The van der Waals surface area contributed by atoms with Gasteiger partial charge in [0.25, 0.3) is 0 Å². The molecule has 2 aliphatic rings. The average Bonchev–Trinajstić information content (AvgIpc) is 2.80. The number of nitrogens with zero attached hydrogens (tertiary/aromatic N) is 2. The number of hydrogen-bond donors (Lipinski definition) is 0. The van der Waals surface area contributed by atoms with Gasteiger partial charge in [0.05, 0.1) is 0 Å². The topological polar surface area (TPSA) is 6.48 Å². The molecular weight excluding hydrogens is 232 g/mol. The van der Waals surface area contributed by atoms with Crippen molar-refractivity contribution >= 4 is 5.69 Å². The zero-order valence-electron chi connectivity index (χ0n) is 12.5. The van der Waals surface area contributed by atoms with Crippen LogP contribution in [0.4, 0.5) is 5.69 Å². The van der Waals surface area contributed by atoms with Gasteiger partial charge < -0.3 is 4.90 Å². The highest BCUT2D eigenvalue weighted by Crippen LogP contribution is 2.29. The Kier molecular flexibility index (Phi) is 3.30. The molecule has 3 rings (SSSR count). The Labute approximate surface area is 117 Å². The summed E-state index contributed by atoms with van der Waals surface area (Å²) < 4.78 is 0. The molecule has 1 aromatic rings. The highest BCUT2D eigenvalue weighted by atomic mass is 15.3. The number of hydrogen-bond acceptors (Lipinski definition) is 2. The van der Waals surface area contributed by atoms with E-state index in [2.05, 4.69) is 54.8 Å². The summed E-state index contributed by atoms with van der Waals surface area (Å²) in [6.45, 7) is 11.9. The Balaban J connectivity index is 1.59. The first-order chi connectivity index (χ1) is 9.04. The number of rotatable bonds is 2. The van der Waals surface area contributed by atoms with Gasteiger partial charge in [0.1, 0.15) is 0 Å². The van der Waals surface area contributed by atoms with E-state index in [9.17, 15) is 0 Å². The van der Waals surface area contributed by atoms with Crippen LogP contribution >= 0.6 is 0 Å². The van der Waals surface area contributed by atoms with Gasteiger partial charge in [0.2, 0.25) is 0 Å². The summed E-state index contributed by atoms with van der Waals surface area (Å²) in [4.78, 5) is 5.18. The highest BCUT2D eigenvalue weighted by molar-refractivity contribution is 5.51. The summed E-state index contributed by atoms with van der Waals surface area (Å²) in [6.07, 6.45) is 2.80. The van der Waals surface area contributed by atoms with Crippen LogP contribution < -0.4 is 4.90 Å². The van der Waals surface area contributed by atoms with E-state index in [0.717, 1.165) is 6.04 Å². The van der Waals surface area contributed by atoms with Crippen LogP contribution in [0.15, 0.2) is 24.3 Å². The van der Waals surface area contributed by atoms with Crippen molar-refractivity contribution in [3.8, 4) is 0 Å². The Bertz CT molecular complexity index is 418. The molecule has 2 nitrogen and oxygen atoms in total. The van der Waals surface area contributed by atoms with Crippen molar-refractivity contribution in [2.75, 3.05) is 31.1 Å². The zero-order chi connectivity index (χ0) is 13.5. The molecule has 0 amide bonds. The average molecular weight is 258 g/mol. The van der Waals surface area contributed by atoms with E-state index in [1.165, 1.54) is 50.3 Å². The highest BCUT2D eigenvalue weighted by Gasteiger charge is 2.33. The molecule has 0 bridgehead atoms. The van der Waals surface area contributed by atoms with Gasteiger partial charge in [-0.2, -0.15) is 0 Å². The first-order valence-electron chi connectivity index (χ1n) is 7.63. The molecule has 0 unspecified atom stereocenters. The van der Waals surface area contributed by atoms with Crippen LogP contribution in [0.25, 0.3) is 0 Å². The minimum absolute atomic E-state index is 0.256. The van der Waals surface area contributed by atoms with Gasteiger partial charge >= 0.3 is 0 Å². The van der Waals surface area contributed by atoms with Crippen molar-refractivity contribution in [2.45, 2.75) is 45.1 Å². The van der Waals surface area contributed by atoms with Crippen LogP contribution in [0.2, 0.25) is 0 Å². The van der Waals surface area contributed by atoms with Gasteiger partial charge in [-0.25, -0.2) is 0 Å². The molecule has 0 aromatic heterocycles. The van der Waals surface area contributed by atoms with Gasteiger partial charge in [-0.1, -0.05) is 32.9 Å². The first kappa shape index (κ1) is 13.0. The van der Waals surface area contributed by atoms with Crippen molar-refractivity contribution in [3.05, 3.63) is 29.8 Å². The molecule has 104 valence electrons. The molecule has 2 fully saturated rings. The van der Waals surface area contributed by atoms with E-state index in [0.29, 0.717) is 0 Å². The van der Waals surface area contributed by atoms with E-state index in [1.54, 1.807) is 0 Å². The lowest BCUT2D eigenvalue weighted by Crippen LogP contribution is -2.58. The lowest BCUT2D eigenvalue weighted by molar-refractivity contribution is 0.205. The summed E-state index contributed by atoms with van der Waals surface area (Å²) in [5.74, 6) is 0. The van der Waals surface area contributed by atoms with E-state index in [1.807, 2.05) is 0 Å². The summed E-state index contributed by atoms with van der Waals surface area (Å²) in [6, 6.07) is 9.98. The van der Waals surface area contributed by atoms with Crippen molar-refractivity contribution in [1.82, 2.24) is 4.90 Å². The molecule has 19 heavy (non-hydrogen) atoms. The molecule has 2 heterocycles. The summed E-state index contributed by atoms with van der Waals surface area (Å²) >= 11 is 0. The molecule has 0 N–H and O–H groups in total. The zero-order valence-corrected chi connectivity index (χ0v) is 12.5. The predicted octanol–water partition coefficient (Wildman–Crippen LogP) is 3.27. The molecule has 0 saturated carbocycles. The Hall–Kier alpha value is -1.02. The molecular formula is C17H26N2. The predicted molar refractivity (Wildman–Crippen MR) is 82.0 cm³/mol. The van der Waals surface area contributed by atoms with Crippen LogP contribution in [0.1, 0.15) is 39.2 Å².